The third-order valence-corrected chi connectivity index (χ3v) is 3.70. The molecule has 0 saturated heterocycles. The summed E-state index contributed by atoms with van der Waals surface area (Å²) in [4.78, 5) is 29.2. The average Bonchev–Trinajstić information content (AvgIpc) is 2.99. The van der Waals surface area contributed by atoms with Crippen LogP contribution in [0, 0.1) is 18.6 Å². The van der Waals surface area contributed by atoms with Crippen molar-refractivity contribution in [3.05, 3.63) is 41.0 Å². The van der Waals surface area contributed by atoms with Crippen LogP contribution in [-0.2, 0) is 11.3 Å². The SMILES string of the molecule is Cc1noc([C@H](C)NC(=O)CN2Cc3c(ccc(F)c3F)NC2=O)n1. The van der Waals surface area contributed by atoms with Crippen molar-refractivity contribution < 1.29 is 22.9 Å². The summed E-state index contributed by atoms with van der Waals surface area (Å²) in [6.45, 7) is 2.74. The Bertz CT molecular complexity index is 839. The highest BCUT2D eigenvalue weighted by molar-refractivity contribution is 5.94. The lowest BCUT2D eigenvalue weighted by atomic mass is 10.1. The fourth-order valence-corrected chi connectivity index (χ4v) is 2.46. The van der Waals surface area contributed by atoms with Gasteiger partial charge in [-0.1, -0.05) is 5.16 Å². The molecule has 3 amide bonds. The van der Waals surface area contributed by atoms with E-state index in [-0.39, 0.29) is 30.2 Å². The Kier molecular flexibility index (Phi) is 4.34. The van der Waals surface area contributed by atoms with Crippen LogP contribution in [0.25, 0.3) is 0 Å². The molecule has 0 spiro atoms. The second-order valence-corrected chi connectivity index (χ2v) is 5.64. The van der Waals surface area contributed by atoms with E-state index in [0.29, 0.717) is 5.82 Å². The molecule has 2 heterocycles. The van der Waals surface area contributed by atoms with Crippen LogP contribution in [0.3, 0.4) is 0 Å². The predicted octanol–water partition coefficient (Wildman–Crippen LogP) is 1.88. The second-order valence-electron chi connectivity index (χ2n) is 5.64. The number of nitrogens with zero attached hydrogens (tertiary/aromatic N) is 3. The first-order valence-corrected chi connectivity index (χ1v) is 7.47. The zero-order valence-corrected chi connectivity index (χ0v) is 13.5. The minimum absolute atomic E-state index is 0.00651. The molecule has 0 bridgehead atoms. The fraction of sp³-hybridized carbons (Fsp3) is 0.333. The topological polar surface area (TPSA) is 100 Å². The molecule has 10 heteroatoms. The van der Waals surface area contributed by atoms with E-state index in [9.17, 15) is 18.4 Å². The minimum Gasteiger partial charge on any atom is -0.343 e. The van der Waals surface area contributed by atoms with E-state index in [1.807, 2.05) is 0 Å². The maximum atomic E-state index is 13.9. The Labute approximate surface area is 141 Å². The molecular formula is C15H15F2N5O3. The number of amides is 3. The van der Waals surface area contributed by atoms with Gasteiger partial charge in [0.1, 0.15) is 12.6 Å². The number of rotatable bonds is 4. The number of aromatic nitrogens is 2. The standard InChI is InChI=1S/C15H15F2N5O3/c1-7(14-19-8(2)21-25-14)18-12(23)6-22-5-9-11(20-15(22)24)4-3-10(16)13(9)17/h3-4,7H,5-6H2,1-2H3,(H,18,23)(H,20,24)/t7-/m0/s1. The van der Waals surface area contributed by atoms with Crippen LogP contribution < -0.4 is 10.6 Å². The highest BCUT2D eigenvalue weighted by atomic mass is 19.2. The molecule has 0 fully saturated rings. The largest absolute Gasteiger partial charge is 0.343 e. The van der Waals surface area contributed by atoms with Crippen molar-refractivity contribution in [3.63, 3.8) is 0 Å². The van der Waals surface area contributed by atoms with Gasteiger partial charge in [-0.05, 0) is 26.0 Å². The van der Waals surface area contributed by atoms with E-state index in [0.717, 1.165) is 11.0 Å². The van der Waals surface area contributed by atoms with Crippen LogP contribution >= 0.6 is 0 Å². The monoisotopic (exact) mass is 351 g/mol. The van der Waals surface area contributed by atoms with Gasteiger partial charge in [-0.15, -0.1) is 0 Å². The van der Waals surface area contributed by atoms with E-state index in [4.69, 9.17) is 4.52 Å². The number of urea groups is 1. The molecule has 132 valence electrons. The van der Waals surface area contributed by atoms with Gasteiger partial charge in [0.05, 0.1) is 12.2 Å². The summed E-state index contributed by atoms with van der Waals surface area (Å²) in [7, 11) is 0. The zero-order chi connectivity index (χ0) is 18.1. The third-order valence-electron chi connectivity index (χ3n) is 3.70. The molecule has 25 heavy (non-hydrogen) atoms. The highest BCUT2D eigenvalue weighted by Gasteiger charge is 2.28. The van der Waals surface area contributed by atoms with Gasteiger partial charge < -0.3 is 20.1 Å². The Balaban J connectivity index is 1.67. The van der Waals surface area contributed by atoms with Crippen molar-refractivity contribution >= 4 is 17.6 Å². The summed E-state index contributed by atoms with van der Waals surface area (Å²) >= 11 is 0. The number of halogens is 2. The molecular weight excluding hydrogens is 336 g/mol. The number of anilines is 1. The molecule has 2 N–H and O–H groups in total. The number of fused-ring (bicyclic) bond motifs is 1. The van der Waals surface area contributed by atoms with Crippen molar-refractivity contribution in [1.82, 2.24) is 20.4 Å². The molecule has 1 aromatic heterocycles. The van der Waals surface area contributed by atoms with Gasteiger partial charge in [0.15, 0.2) is 17.5 Å². The maximum Gasteiger partial charge on any atom is 0.322 e. The van der Waals surface area contributed by atoms with Gasteiger partial charge in [-0.2, -0.15) is 4.98 Å². The first-order valence-electron chi connectivity index (χ1n) is 7.47. The van der Waals surface area contributed by atoms with Crippen molar-refractivity contribution in [2.24, 2.45) is 0 Å². The van der Waals surface area contributed by atoms with Gasteiger partial charge in [0.2, 0.25) is 11.8 Å². The molecule has 0 saturated carbocycles. The lowest BCUT2D eigenvalue weighted by molar-refractivity contribution is -0.122. The molecule has 8 nitrogen and oxygen atoms in total. The molecule has 0 radical (unpaired) electrons. The van der Waals surface area contributed by atoms with Crippen LogP contribution in [-0.4, -0.2) is 33.5 Å². The summed E-state index contributed by atoms with van der Waals surface area (Å²) in [5, 5.41) is 8.66. The number of carbonyl (C=O) groups is 2. The lowest BCUT2D eigenvalue weighted by Gasteiger charge is -2.29. The van der Waals surface area contributed by atoms with Crippen molar-refractivity contribution in [2.75, 3.05) is 11.9 Å². The van der Waals surface area contributed by atoms with Crippen molar-refractivity contribution in [3.8, 4) is 0 Å². The van der Waals surface area contributed by atoms with Crippen LogP contribution in [0.1, 0.15) is 30.2 Å². The first-order chi connectivity index (χ1) is 11.8. The van der Waals surface area contributed by atoms with Gasteiger partial charge in [-0.25, -0.2) is 13.6 Å². The van der Waals surface area contributed by atoms with Crippen molar-refractivity contribution in [1.29, 1.82) is 0 Å². The van der Waals surface area contributed by atoms with Crippen molar-refractivity contribution in [2.45, 2.75) is 26.4 Å². The van der Waals surface area contributed by atoms with Crippen LogP contribution in [0.2, 0.25) is 0 Å². The summed E-state index contributed by atoms with van der Waals surface area (Å²) in [6.07, 6.45) is 0. The maximum absolute atomic E-state index is 13.9. The van der Waals surface area contributed by atoms with E-state index in [1.165, 1.54) is 6.07 Å². The molecule has 0 unspecified atom stereocenters. The number of benzene rings is 1. The zero-order valence-electron chi connectivity index (χ0n) is 13.5. The number of hydrogen-bond acceptors (Lipinski definition) is 5. The summed E-state index contributed by atoms with van der Waals surface area (Å²) in [6, 6.07) is 1.09. The van der Waals surface area contributed by atoms with Crippen LogP contribution in [0.5, 0.6) is 0 Å². The molecule has 1 aliphatic heterocycles. The number of carbonyl (C=O) groups excluding carboxylic acids is 2. The van der Waals surface area contributed by atoms with Crippen LogP contribution in [0.15, 0.2) is 16.7 Å². The number of nitrogens with one attached hydrogen (secondary N) is 2. The smallest absolute Gasteiger partial charge is 0.322 e. The summed E-state index contributed by atoms with van der Waals surface area (Å²) < 4.78 is 32.2. The summed E-state index contributed by atoms with van der Waals surface area (Å²) in [5.74, 6) is -1.90. The van der Waals surface area contributed by atoms with Gasteiger partial charge in [0.25, 0.3) is 0 Å². The predicted molar refractivity (Wildman–Crippen MR) is 81.4 cm³/mol. The Morgan fingerprint density at radius 1 is 1.48 bits per heavy atom. The number of hydrogen-bond donors (Lipinski definition) is 2. The fourth-order valence-electron chi connectivity index (χ4n) is 2.46. The second kappa shape index (κ2) is 6.46. The van der Waals surface area contributed by atoms with Gasteiger partial charge in [0, 0.05) is 5.56 Å². The third kappa shape index (κ3) is 3.42. The normalized spacial score (nSPS) is 14.7. The van der Waals surface area contributed by atoms with E-state index >= 15 is 0 Å². The van der Waals surface area contributed by atoms with E-state index in [1.54, 1.807) is 13.8 Å². The highest BCUT2D eigenvalue weighted by Crippen LogP contribution is 2.27. The number of aryl methyl sites for hydroxylation is 1. The van der Waals surface area contributed by atoms with Gasteiger partial charge in [-0.3, -0.25) is 4.79 Å². The molecule has 1 aromatic carbocycles. The Hall–Kier alpha value is -3.04. The quantitative estimate of drug-likeness (QED) is 0.876. The summed E-state index contributed by atoms with van der Waals surface area (Å²) in [5.41, 5.74) is 0.184. The minimum atomic E-state index is -1.04. The van der Waals surface area contributed by atoms with Crippen LogP contribution in [0.4, 0.5) is 19.3 Å². The molecule has 3 rings (SSSR count). The first kappa shape index (κ1) is 16.8. The van der Waals surface area contributed by atoms with E-state index in [2.05, 4.69) is 20.8 Å². The molecule has 1 aliphatic rings. The molecule has 0 aliphatic carbocycles. The van der Waals surface area contributed by atoms with Gasteiger partial charge >= 0.3 is 6.03 Å². The Morgan fingerprint density at radius 3 is 2.92 bits per heavy atom. The molecule has 1 atom stereocenters. The van der Waals surface area contributed by atoms with E-state index < -0.39 is 29.6 Å². The average molecular weight is 351 g/mol. The lowest BCUT2D eigenvalue weighted by Crippen LogP contribution is -2.45. The Morgan fingerprint density at radius 2 is 2.24 bits per heavy atom. The molecule has 2 aromatic rings.